The van der Waals surface area contributed by atoms with Crippen molar-refractivity contribution in [3.63, 3.8) is 0 Å². The highest BCUT2D eigenvalue weighted by Gasteiger charge is 2.09. The molecule has 17 heavy (non-hydrogen) atoms. The maximum Gasteiger partial charge on any atom is 0.154 e. The minimum atomic E-state index is 0. The van der Waals surface area contributed by atoms with E-state index in [1.165, 1.54) is 5.56 Å². The molecule has 0 fully saturated rings. The standard InChI is InChI=1S/C14H19NO.ClH/c1-4-10-16-12-15(13(2)3)11-14-8-6-5-7-9-14;/h5-9,13H,11-12H2,1-3H3;1H. The molecule has 0 bridgehead atoms. The van der Waals surface area contributed by atoms with Gasteiger partial charge in [-0.1, -0.05) is 36.3 Å². The van der Waals surface area contributed by atoms with E-state index in [0.29, 0.717) is 12.8 Å². The number of rotatable bonds is 5. The predicted molar refractivity (Wildman–Crippen MR) is 73.8 cm³/mol. The van der Waals surface area contributed by atoms with Crippen LogP contribution in [0.1, 0.15) is 26.3 Å². The third-order valence-corrected chi connectivity index (χ3v) is 2.36. The van der Waals surface area contributed by atoms with Crippen LogP contribution in [-0.2, 0) is 11.3 Å². The van der Waals surface area contributed by atoms with E-state index in [-0.39, 0.29) is 12.4 Å². The van der Waals surface area contributed by atoms with Crippen molar-refractivity contribution in [1.82, 2.24) is 4.90 Å². The van der Waals surface area contributed by atoms with E-state index in [1.807, 2.05) is 6.07 Å². The summed E-state index contributed by atoms with van der Waals surface area (Å²) in [5, 5.41) is 0. The first-order chi connectivity index (χ1) is 7.74. The highest BCUT2D eigenvalue weighted by molar-refractivity contribution is 5.85. The third kappa shape index (κ3) is 6.21. The van der Waals surface area contributed by atoms with Gasteiger partial charge in [0.1, 0.15) is 6.11 Å². The Morgan fingerprint density at radius 3 is 2.41 bits per heavy atom. The van der Waals surface area contributed by atoms with Gasteiger partial charge in [0.15, 0.2) is 6.73 Å². The van der Waals surface area contributed by atoms with E-state index < -0.39 is 0 Å². The number of hydrogen-bond acceptors (Lipinski definition) is 2. The van der Waals surface area contributed by atoms with Gasteiger partial charge in [-0.05, 0) is 19.4 Å². The third-order valence-electron chi connectivity index (χ3n) is 2.36. The highest BCUT2D eigenvalue weighted by atomic mass is 35.5. The summed E-state index contributed by atoms with van der Waals surface area (Å²) in [5.41, 5.74) is 1.30. The van der Waals surface area contributed by atoms with E-state index in [0.717, 1.165) is 6.54 Å². The Bertz CT molecular complexity index is 353. The lowest BCUT2D eigenvalue weighted by Crippen LogP contribution is -2.31. The van der Waals surface area contributed by atoms with Gasteiger partial charge in [-0.15, -0.1) is 12.4 Å². The van der Waals surface area contributed by atoms with Crippen LogP contribution in [0.25, 0.3) is 0 Å². The maximum atomic E-state index is 5.24. The Kier molecular flexibility index (Phi) is 8.31. The average Bonchev–Trinajstić information content (AvgIpc) is 2.29. The fourth-order valence-corrected chi connectivity index (χ4v) is 1.38. The molecule has 0 aliphatic rings. The smallest absolute Gasteiger partial charge is 0.154 e. The Labute approximate surface area is 110 Å². The maximum absolute atomic E-state index is 5.24. The fraction of sp³-hybridized carbons (Fsp3) is 0.429. The van der Waals surface area contributed by atoms with Gasteiger partial charge in [0, 0.05) is 19.5 Å². The second kappa shape index (κ2) is 8.92. The van der Waals surface area contributed by atoms with Crippen molar-refractivity contribution in [3.05, 3.63) is 35.9 Å². The van der Waals surface area contributed by atoms with Gasteiger partial charge < -0.3 is 4.74 Å². The largest absolute Gasteiger partial charge is 0.430 e. The number of hydrogen-bond donors (Lipinski definition) is 0. The topological polar surface area (TPSA) is 12.5 Å². The van der Waals surface area contributed by atoms with E-state index in [1.54, 1.807) is 6.92 Å². The van der Waals surface area contributed by atoms with Crippen molar-refractivity contribution in [2.45, 2.75) is 33.4 Å². The van der Waals surface area contributed by atoms with Crippen molar-refractivity contribution in [2.75, 3.05) is 6.73 Å². The molecule has 0 aromatic heterocycles. The summed E-state index contributed by atoms with van der Waals surface area (Å²) in [5.74, 6) is 2.73. The van der Waals surface area contributed by atoms with Crippen molar-refractivity contribution in [3.8, 4) is 12.0 Å². The molecule has 1 aromatic rings. The van der Waals surface area contributed by atoms with Gasteiger partial charge >= 0.3 is 0 Å². The number of benzene rings is 1. The molecule has 1 rings (SSSR count). The van der Waals surface area contributed by atoms with Crippen molar-refractivity contribution in [2.24, 2.45) is 0 Å². The van der Waals surface area contributed by atoms with Crippen molar-refractivity contribution in [1.29, 1.82) is 0 Å². The molecule has 0 aliphatic carbocycles. The van der Waals surface area contributed by atoms with Crippen LogP contribution >= 0.6 is 12.4 Å². The molecule has 2 nitrogen and oxygen atoms in total. The zero-order valence-corrected chi connectivity index (χ0v) is 11.5. The lowest BCUT2D eigenvalue weighted by atomic mass is 10.2. The molecule has 0 amide bonds. The number of nitrogens with zero attached hydrogens (tertiary/aromatic N) is 1. The van der Waals surface area contributed by atoms with Gasteiger partial charge in [-0.3, -0.25) is 4.90 Å². The molecule has 0 unspecified atom stereocenters. The minimum absolute atomic E-state index is 0. The van der Waals surface area contributed by atoms with Crippen molar-refractivity contribution < 1.29 is 4.74 Å². The molecular weight excluding hydrogens is 234 g/mol. The van der Waals surface area contributed by atoms with E-state index >= 15 is 0 Å². The van der Waals surface area contributed by atoms with E-state index in [9.17, 15) is 0 Å². The molecule has 0 saturated carbocycles. The van der Waals surface area contributed by atoms with E-state index in [4.69, 9.17) is 4.74 Å². The Balaban J connectivity index is 0.00000256. The van der Waals surface area contributed by atoms with Crippen LogP contribution in [0.4, 0.5) is 0 Å². The lowest BCUT2D eigenvalue weighted by molar-refractivity contribution is 0.0713. The van der Waals surface area contributed by atoms with Gasteiger partial charge in [-0.25, -0.2) is 0 Å². The van der Waals surface area contributed by atoms with Crippen LogP contribution < -0.4 is 0 Å². The second-order valence-electron chi connectivity index (χ2n) is 3.95. The second-order valence-corrected chi connectivity index (χ2v) is 3.95. The molecule has 94 valence electrons. The van der Waals surface area contributed by atoms with Crippen LogP contribution in [0.2, 0.25) is 0 Å². The van der Waals surface area contributed by atoms with Gasteiger partial charge in [0.25, 0.3) is 0 Å². The lowest BCUT2D eigenvalue weighted by Gasteiger charge is -2.24. The summed E-state index contributed by atoms with van der Waals surface area (Å²) in [6.45, 7) is 7.53. The summed E-state index contributed by atoms with van der Waals surface area (Å²) in [6, 6.07) is 10.8. The molecule has 0 atom stereocenters. The Morgan fingerprint density at radius 1 is 1.24 bits per heavy atom. The molecule has 0 heterocycles. The van der Waals surface area contributed by atoms with Gasteiger partial charge in [0.2, 0.25) is 0 Å². The first-order valence-electron chi connectivity index (χ1n) is 5.55. The van der Waals surface area contributed by atoms with E-state index in [2.05, 4.69) is 55.0 Å². The molecular formula is C14H20ClNO. The Hall–Kier alpha value is -1.17. The molecule has 0 radical (unpaired) electrons. The normalized spacial score (nSPS) is 9.47. The van der Waals surface area contributed by atoms with Gasteiger partial charge in [0.05, 0.1) is 0 Å². The van der Waals surface area contributed by atoms with Crippen LogP contribution in [0, 0.1) is 12.0 Å². The van der Waals surface area contributed by atoms with Crippen molar-refractivity contribution >= 4 is 12.4 Å². The average molecular weight is 254 g/mol. The monoisotopic (exact) mass is 253 g/mol. The predicted octanol–water partition coefficient (Wildman–Crippen LogP) is 3.27. The zero-order valence-electron chi connectivity index (χ0n) is 10.6. The molecule has 3 heteroatoms. The van der Waals surface area contributed by atoms with Gasteiger partial charge in [-0.2, -0.15) is 0 Å². The molecule has 0 N–H and O–H groups in total. The summed E-state index contributed by atoms with van der Waals surface area (Å²) in [4.78, 5) is 2.24. The molecule has 1 aromatic carbocycles. The summed E-state index contributed by atoms with van der Waals surface area (Å²) in [6.07, 6.45) is 2.63. The molecule has 0 spiro atoms. The fourth-order valence-electron chi connectivity index (χ4n) is 1.38. The van der Waals surface area contributed by atoms with Crippen LogP contribution in [0.15, 0.2) is 30.3 Å². The van der Waals surface area contributed by atoms with Crippen LogP contribution in [0.5, 0.6) is 0 Å². The first kappa shape index (κ1) is 15.8. The molecule has 0 saturated heterocycles. The molecule has 0 aliphatic heterocycles. The highest BCUT2D eigenvalue weighted by Crippen LogP contribution is 2.07. The zero-order chi connectivity index (χ0) is 11.8. The van der Waals surface area contributed by atoms with Crippen LogP contribution in [-0.4, -0.2) is 17.7 Å². The van der Waals surface area contributed by atoms with Crippen LogP contribution in [0.3, 0.4) is 0 Å². The minimum Gasteiger partial charge on any atom is -0.430 e. The number of ether oxygens (including phenoxy) is 1. The number of halogens is 1. The Morgan fingerprint density at radius 2 is 1.88 bits per heavy atom. The quantitative estimate of drug-likeness (QED) is 0.590. The summed E-state index contributed by atoms with van der Waals surface area (Å²) < 4.78 is 5.24. The SMILES string of the molecule is CC#COCN(Cc1ccccc1)C(C)C.Cl. The first-order valence-corrected chi connectivity index (χ1v) is 5.55. The summed E-state index contributed by atoms with van der Waals surface area (Å²) in [7, 11) is 0. The summed E-state index contributed by atoms with van der Waals surface area (Å²) >= 11 is 0.